The van der Waals surface area contributed by atoms with E-state index in [4.69, 9.17) is 16.3 Å². The van der Waals surface area contributed by atoms with E-state index in [1.807, 2.05) is 4.90 Å². The third-order valence-electron chi connectivity index (χ3n) is 8.42. The molecule has 0 saturated carbocycles. The third kappa shape index (κ3) is 5.84. The van der Waals surface area contributed by atoms with E-state index >= 15 is 0 Å². The van der Waals surface area contributed by atoms with Crippen molar-refractivity contribution in [3.05, 3.63) is 88.1 Å². The Hall–Kier alpha value is -3.93. The predicted molar refractivity (Wildman–Crippen MR) is 147 cm³/mol. The summed E-state index contributed by atoms with van der Waals surface area (Å²) in [6.07, 6.45) is -3.39. The summed E-state index contributed by atoms with van der Waals surface area (Å²) >= 11 is 6.11. The molecule has 0 radical (unpaired) electrons. The number of anilines is 1. The van der Waals surface area contributed by atoms with Crippen LogP contribution in [-0.4, -0.2) is 59.0 Å². The molecule has 3 aliphatic rings. The van der Waals surface area contributed by atoms with Crippen LogP contribution in [0.5, 0.6) is 5.75 Å². The fraction of sp³-hybridized carbons (Fsp3) is 0.367. The van der Waals surface area contributed by atoms with Crippen molar-refractivity contribution >= 4 is 29.4 Å². The van der Waals surface area contributed by atoms with Gasteiger partial charge in [-0.05, 0) is 72.5 Å². The molecule has 3 aliphatic heterocycles. The van der Waals surface area contributed by atoms with E-state index in [1.165, 1.54) is 41.3 Å². The third-order valence-corrected chi connectivity index (χ3v) is 8.71. The van der Waals surface area contributed by atoms with Gasteiger partial charge < -0.3 is 14.5 Å². The van der Waals surface area contributed by atoms with Gasteiger partial charge in [0.2, 0.25) is 5.91 Å². The number of pyridine rings is 1. The van der Waals surface area contributed by atoms with Crippen molar-refractivity contribution in [3.63, 3.8) is 0 Å². The molecular weight excluding hydrogens is 595 g/mol. The first-order valence-electron chi connectivity index (χ1n) is 13.8. The molecule has 1 aromatic heterocycles. The number of piperidine rings is 1. The molecule has 7 nitrogen and oxygen atoms in total. The summed E-state index contributed by atoms with van der Waals surface area (Å²) in [6.45, 7) is 1.47. The Morgan fingerprint density at radius 1 is 0.977 bits per heavy atom. The van der Waals surface area contributed by atoms with Crippen LogP contribution in [0.15, 0.2) is 54.7 Å². The Kier molecular flexibility index (Phi) is 7.66. The molecule has 43 heavy (non-hydrogen) atoms. The summed E-state index contributed by atoms with van der Waals surface area (Å²) in [5.41, 5.74) is 0.504. The number of likely N-dealkylation sites (tertiary alicyclic amines) is 1. The summed E-state index contributed by atoms with van der Waals surface area (Å²) in [6, 6.07) is 9.72. The predicted octanol–water partition coefficient (Wildman–Crippen LogP) is 6.26. The molecule has 13 heteroatoms. The van der Waals surface area contributed by atoms with Gasteiger partial charge >= 0.3 is 12.3 Å². The molecule has 2 aromatic carbocycles. The number of hydrogen-bond donors (Lipinski definition) is 0. The molecule has 3 aromatic rings. The van der Waals surface area contributed by atoms with Crippen LogP contribution in [-0.2, 0) is 17.5 Å². The van der Waals surface area contributed by atoms with Gasteiger partial charge in [-0.15, -0.1) is 0 Å². The normalized spacial score (nSPS) is 20.6. The quantitative estimate of drug-likeness (QED) is 0.324. The van der Waals surface area contributed by atoms with Gasteiger partial charge in [-0.2, -0.15) is 13.2 Å². The first-order valence-corrected chi connectivity index (χ1v) is 14.1. The molecule has 6 rings (SSSR count). The number of nitrogens with zero attached hydrogens (tertiary/aromatic N) is 4. The minimum Gasteiger partial charge on any atom is -0.410 e. The van der Waals surface area contributed by atoms with Crippen molar-refractivity contribution < 1.29 is 36.3 Å². The largest absolute Gasteiger partial charge is 0.417 e. The Morgan fingerprint density at radius 3 is 2.35 bits per heavy atom. The van der Waals surface area contributed by atoms with Crippen LogP contribution in [0.2, 0.25) is 5.02 Å². The maximum absolute atomic E-state index is 14.4. The monoisotopic (exact) mass is 620 g/mol. The molecule has 2 fully saturated rings. The second kappa shape index (κ2) is 11.3. The Bertz CT molecular complexity index is 1530. The smallest absolute Gasteiger partial charge is 0.410 e. The average Bonchev–Trinajstić information content (AvgIpc) is 3.44. The summed E-state index contributed by atoms with van der Waals surface area (Å²) in [5, 5.41) is -0.0473. The minimum atomic E-state index is -4.47. The van der Waals surface area contributed by atoms with Crippen molar-refractivity contribution in [2.24, 2.45) is 5.92 Å². The van der Waals surface area contributed by atoms with E-state index < -0.39 is 35.5 Å². The highest BCUT2D eigenvalue weighted by Gasteiger charge is 2.47. The number of fused-ring (bicyclic) bond motifs is 3. The van der Waals surface area contributed by atoms with Crippen molar-refractivity contribution in [2.75, 3.05) is 31.1 Å². The van der Waals surface area contributed by atoms with Gasteiger partial charge in [0.15, 0.2) is 0 Å². The molecule has 0 bridgehead atoms. The van der Waals surface area contributed by atoms with Crippen LogP contribution >= 0.6 is 11.6 Å². The van der Waals surface area contributed by atoms with Crippen molar-refractivity contribution in [1.82, 2.24) is 14.8 Å². The molecule has 4 heterocycles. The maximum atomic E-state index is 14.4. The van der Waals surface area contributed by atoms with E-state index in [9.17, 15) is 31.5 Å². The second-order valence-electron chi connectivity index (χ2n) is 11.0. The molecule has 226 valence electrons. The van der Waals surface area contributed by atoms with E-state index in [0.29, 0.717) is 43.9 Å². The summed E-state index contributed by atoms with van der Waals surface area (Å²) in [5.74, 6) is -1.27. The Morgan fingerprint density at radius 2 is 1.70 bits per heavy atom. The molecule has 2 amide bonds. The number of amides is 2. The maximum Gasteiger partial charge on any atom is 0.417 e. The Balaban J connectivity index is 1.16. The van der Waals surface area contributed by atoms with Crippen LogP contribution in [0.3, 0.4) is 0 Å². The fourth-order valence-electron chi connectivity index (χ4n) is 6.19. The highest BCUT2D eigenvalue weighted by atomic mass is 35.5. The number of halogens is 6. The van der Waals surface area contributed by atoms with Gasteiger partial charge in [0.25, 0.3) is 0 Å². The molecular formula is C30H26ClF5N4O3. The molecule has 0 unspecified atom stereocenters. The highest BCUT2D eigenvalue weighted by molar-refractivity contribution is 6.30. The van der Waals surface area contributed by atoms with Crippen LogP contribution in [0.4, 0.5) is 32.6 Å². The number of benzene rings is 2. The number of aromatic nitrogens is 1. The highest BCUT2D eigenvalue weighted by Crippen LogP contribution is 2.41. The lowest BCUT2D eigenvalue weighted by molar-refractivity contribution is -0.138. The molecule has 2 atom stereocenters. The topological polar surface area (TPSA) is 66.0 Å². The summed E-state index contributed by atoms with van der Waals surface area (Å²) in [4.78, 5) is 36.0. The second-order valence-corrected chi connectivity index (χ2v) is 11.4. The molecule has 0 N–H and O–H groups in total. The van der Waals surface area contributed by atoms with Crippen LogP contribution in [0.25, 0.3) is 0 Å². The van der Waals surface area contributed by atoms with E-state index in [1.54, 1.807) is 11.0 Å². The SMILES string of the molecule is O=C(C1CCN(c2ccc(C(F)(F)F)cn2)CC1)N1C[C@@H]2[C@@H](C1)c1cc(Cl)c(F)cc1CN2C(=O)Oc1ccc(F)cc1. The van der Waals surface area contributed by atoms with Gasteiger partial charge in [0, 0.05) is 50.8 Å². The number of carbonyl (C=O) groups excluding carboxylic acids is 2. The number of rotatable bonds is 3. The van der Waals surface area contributed by atoms with Crippen molar-refractivity contribution in [3.8, 4) is 5.75 Å². The van der Waals surface area contributed by atoms with Gasteiger partial charge in [-0.3, -0.25) is 9.69 Å². The van der Waals surface area contributed by atoms with Crippen LogP contribution in [0, 0.1) is 17.6 Å². The average molecular weight is 621 g/mol. The molecule has 2 saturated heterocycles. The zero-order valence-electron chi connectivity index (χ0n) is 22.7. The number of hydrogen-bond acceptors (Lipinski definition) is 5. The zero-order valence-corrected chi connectivity index (χ0v) is 23.4. The van der Waals surface area contributed by atoms with Gasteiger partial charge in [0.05, 0.1) is 16.6 Å². The molecule has 0 spiro atoms. The lowest BCUT2D eigenvalue weighted by atomic mass is 9.85. The number of alkyl halides is 3. The summed E-state index contributed by atoms with van der Waals surface area (Å²) < 4.78 is 72.0. The van der Waals surface area contributed by atoms with Gasteiger partial charge in [-0.1, -0.05) is 11.6 Å². The van der Waals surface area contributed by atoms with Gasteiger partial charge in [-0.25, -0.2) is 18.6 Å². The van der Waals surface area contributed by atoms with E-state index in [2.05, 4.69) is 4.98 Å². The van der Waals surface area contributed by atoms with E-state index in [-0.39, 0.29) is 41.6 Å². The zero-order chi connectivity index (χ0) is 30.5. The standard InChI is InChI=1S/C30H26ClF5N4O3/c31-24-12-22-18(11-25(24)33)14-40(29(42)43-21-4-2-20(32)3-5-21)26-16-39(15-23(22)26)28(41)17-7-9-38(10-8-17)27-6-1-19(13-37-27)30(34,35)36/h1-6,11-13,17,23,26H,7-10,14-16H2/t23-,26+/m0/s1. The summed E-state index contributed by atoms with van der Waals surface area (Å²) in [7, 11) is 0. The lowest BCUT2D eigenvalue weighted by Gasteiger charge is -2.37. The Labute approximate surface area is 248 Å². The number of carbonyl (C=O) groups is 2. The number of ether oxygens (including phenoxy) is 1. The van der Waals surface area contributed by atoms with Crippen LogP contribution in [0.1, 0.15) is 35.4 Å². The van der Waals surface area contributed by atoms with Crippen LogP contribution < -0.4 is 9.64 Å². The lowest BCUT2D eigenvalue weighted by Crippen LogP contribution is -2.48. The fourth-order valence-corrected chi connectivity index (χ4v) is 6.36. The van der Waals surface area contributed by atoms with Crippen molar-refractivity contribution in [1.29, 1.82) is 0 Å². The molecule has 0 aliphatic carbocycles. The first-order chi connectivity index (χ1) is 20.5. The van der Waals surface area contributed by atoms with Gasteiger partial charge in [0.1, 0.15) is 23.2 Å². The van der Waals surface area contributed by atoms with Crippen molar-refractivity contribution in [2.45, 2.75) is 37.5 Å². The van der Waals surface area contributed by atoms with E-state index in [0.717, 1.165) is 17.8 Å². The minimum absolute atomic E-state index is 0.0468. The first kappa shape index (κ1) is 29.2.